The molecule has 1 fully saturated rings. The number of hydrogen-bond acceptors (Lipinski definition) is 7. The van der Waals surface area contributed by atoms with Crippen molar-refractivity contribution in [2.75, 3.05) is 45.2 Å². The Kier molecular flexibility index (Phi) is 6.95. The maximum atomic E-state index is 12.3. The molecule has 4 rings (SSSR count). The maximum Gasteiger partial charge on any atom is 0.338 e. The first kappa shape index (κ1) is 22.6. The first-order valence-corrected chi connectivity index (χ1v) is 12.8. The second-order valence-electron chi connectivity index (χ2n) is 7.80. The Hall–Kier alpha value is -1.56. The number of benzene rings is 1. The highest BCUT2D eigenvalue weighted by atomic mass is 35.5. The van der Waals surface area contributed by atoms with Crippen LogP contribution in [0, 0.1) is 0 Å². The van der Waals surface area contributed by atoms with Crippen LogP contribution in [-0.2, 0) is 25.7 Å². The fourth-order valence-corrected chi connectivity index (χ4v) is 6.29. The lowest BCUT2D eigenvalue weighted by atomic mass is 9.86. The lowest BCUT2D eigenvalue weighted by Crippen LogP contribution is -2.47. The lowest BCUT2D eigenvalue weighted by Gasteiger charge is -2.30. The number of halogens is 1. The molecule has 0 saturated carbocycles. The van der Waals surface area contributed by atoms with Crippen LogP contribution in [0.3, 0.4) is 0 Å². The van der Waals surface area contributed by atoms with Crippen LogP contribution in [0.4, 0.5) is 5.13 Å². The van der Waals surface area contributed by atoms with Gasteiger partial charge in [0.2, 0.25) is 0 Å². The molecule has 1 aromatic heterocycles. The summed E-state index contributed by atoms with van der Waals surface area (Å²) in [4.78, 5) is 20.1. The van der Waals surface area contributed by atoms with E-state index in [1.54, 1.807) is 0 Å². The standard InChI is InChI=1S/C20H25ClN4O4S2/c1-24-8-10-25(11-9-24)31(27,28)29-13-18(26)23-20-22-17-7-3-6-16(19(17)30-20)14-4-2-5-15(21)12-14/h2,4-5,12,16H,3,6-11,13H2,1H3,(H,22,23,26). The van der Waals surface area contributed by atoms with Gasteiger partial charge in [-0.3, -0.25) is 10.1 Å². The molecule has 0 bridgehead atoms. The second-order valence-corrected chi connectivity index (χ2v) is 10.9. The number of nitrogens with zero attached hydrogens (tertiary/aromatic N) is 3. The van der Waals surface area contributed by atoms with E-state index in [0.717, 1.165) is 35.4 Å². The Morgan fingerprint density at radius 1 is 1.32 bits per heavy atom. The number of nitrogens with one attached hydrogen (secondary N) is 1. The summed E-state index contributed by atoms with van der Waals surface area (Å²) >= 11 is 7.59. The van der Waals surface area contributed by atoms with E-state index in [1.165, 1.54) is 15.6 Å². The fourth-order valence-electron chi connectivity index (χ4n) is 3.88. The number of aryl methyl sites for hydroxylation is 1. The molecular formula is C20H25ClN4O4S2. The number of carbonyl (C=O) groups excluding carboxylic acids is 1. The van der Waals surface area contributed by atoms with Crippen molar-refractivity contribution in [2.24, 2.45) is 0 Å². The highest BCUT2D eigenvalue weighted by Crippen LogP contribution is 2.41. The summed E-state index contributed by atoms with van der Waals surface area (Å²) in [5.74, 6) is -0.345. The molecule has 1 saturated heterocycles. The molecule has 1 aliphatic heterocycles. The summed E-state index contributed by atoms with van der Waals surface area (Å²) in [5.41, 5.74) is 2.11. The zero-order chi connectivity index (χ0) is 22.0. The quantitative estimate of drug-likeness (QED) is 0.677. The van der Waals surface area contributed by atoms with Gasteiger partial charge in [0.15, 0.2) is 5.13 Å². The third-order valence-corrected chi connectivity index (χ3v) is 8.34. The van der Waals surface area contributed by atoms with E-state index in [2.05, 4.69) is 16.4 Å². The van der Waals surface area contributed by atoms with Crippen LogP contribution in [0.5, 0.6) is 0 Å². The Balaban J connectivity index is 1.38. The van der Waals surface area contributed by atoms with E-state index in [0.29, 0.717) is 36.3 Å². The average molecular weight is 485 g/mol. The maximum absolute atomic E-state index is 12.3. The minimum Gasteiger partial charge on any atom is -0.304 e. The number of carbonyl (C=O) groups is 1. The molecule has 31 heavy (non-hydrogen) atoms. The number of hydrogen-bond donors (Lipinski definition) is 1. The van der Waals surface area contributed by atoms with Gasteiger partial charge in [0.05, 0.1) is 5.69 Å². The number of anilines is 1. The van der Waals surface area contributed by atoms with Gasteiger partial charge in [-0.25, -0.2) is 9.17 Å². The Morgan fingerprint density at radius 2 is 2.10 bits per heavy atom. The van der Waals surface area contributed by atoms with Crippen molar-refractivity contribution in [1.29, 1.82) is 0 Å². The zero-order valence-electron chi connectivity index (χ0n) is 17.2. The number of piperazine rings is 1. The Labute approximate surface area is 191 Å². The van der Waals surface area contributed by atoms with Gasteiger partial charge >= 0.3 is 10.3 Å². The Bertz CT molecular complexity index is 1050. The van der Waals surface area contributed by atoms with Gasteiger partial charge in [0, 0.05) is 42.0 Å². The zero-order valence-corrected chi connectivity index (χ0v) is 19.6. The van der Waals surface area contributed by atoms with Crippen LogP contribution in [-0.4, -0.2) is 68.3 Å². The minimum atomic E-state index is -3.93. The third-order valence-electron chi connectivity index (χ3n) is 5.57. The van der Waals surface area contributed by atoms with Crippen molar-refractivity contribution >= 4 is 44.3 Å². The smallest absolute Gasteiger partial charge is 0.304 e. The monoisotopic (exact) mass is 484 g/mol. The second kappa shape index (κ2) is 9.51. The molecule has 2 aliphatic rings. The molecule has 0 spiro atoms. The number of aromatic nitrogens is 1. The van der Waals surface area contributed by atoms with E-state index in [-0.39, 0.29) is 5.92 Å². The first-order chi connectivity index (χ1) is 14.8. The number of thiazole rings is 1. The topological polar surface area (TPSA) is 91.8 Å². The van der Waals surface area contributed by atoms with Gasteiger partial charge in [0.25, 0.3) is 5.91 Å². The summed E-state index contributed by atoms with van der Waals surface area (Å²) in [6.45, 7) is 1.40. The Morgan fingerprint density at radius 3 is 2.84 bits per heavy atom. The molecule has 1 aromatic carbocycles. The molecule has 1 unspecified atom stereocenters. The molecule has 1 atom stereocenters. The SMILES string of the molecule is CN1CCN(S(=O)(=O)OCC(=O)Nc2nc3c(s2)C(c2cccc(Cl)c2)CCC3)CC1. The molecule has 11 heteroatoms. The average Bonchev–Trinajstić information content (AvgIpc) is 3.15. The highest BCUT2D eigenvalue weighted by Gasteiger charge is 2.29. The van der Waals surface area contributed by atoms with Crippen molar-refractivity contribution in [2.45, 2.75) is 25.2 Å². The molecule has 8 nitrogen and oxygen atoms in total. The fraction of sp³-hybridized carbons (Fsp3) is 0.500. The van der Waals surface area contributed by atoms with Crippen LogP contribution in [0.1, 0.15) is 34.9 Å². The first-order valence-electron chi connectivity index (χ1n) is 10.2. The molecule has 1 N–H and O–H groups in total. The molecular weight excluding hydrogens is 460 g/mol. The molecule has 1 aliphatic carbocycles. The van der Waals surface area contributed by atoms with Crippen molar-refractivity contribution in [3.63, 3.8) is 0 Å². The lowest BCUT2D eigenvalue weighted by molar-refractivity contribution is -0.118. The molecule has 168 valence electrons. The van der Waals surface area contributed by atoms with Crippen LogP contribution >= 0.6 is 22.9 Å². The van der Waals surface area contributed by atoms with Gasteiger partial charge < -0.3 is 4.90 Å². The van der Waals surface area contributed by atoms with Gasteiger partial charge in [-0.05, 0) is 44.0 Å². The van der Waals surface area contributed by atoms with E-state index >= 15 is 0 Å². The van der Waals surface area contributed by atoms with Crippen LogP contribution < -0.4 is 5.32 Å². The third kappa shape index (κ3) is 5.44. The summed E-state index contributed by atoms with van der Waals surface area (Å²) in [6.07, 6.45) is 2.86. The minimum absolute atomic E-state index is 0.194. The van der Waals surface area contributed by atoms with E-state index in [9.17, 15) is 13.2 Å². The number of rotatable bonds is 6. The summed E-state index contributed by atoms with van der Waals surface area (Å²) in [5, 5.41) is 3.85. The van der Waals surface area contributed by atoms with Crippen molar-refractivity contribution in [3.05, 3.63) is 45.4 Å². The van der Waals surface area contributed by atoms with E-state index < -0.39 is 22.8 Å². The number of fused-ring (bicyclic) bond motifs is 1. The highest BCUT2D eigenvalue weighted by molar-refractivity contribution is 7.84. The summed E-state index contributed by atoms with van der Waals surface area (Å²) in [6, 6.07) is 7.81. The van der Waals surface area contributed by atoms with Gasteiger partial charge in [-0.1, -0.05) is 23.7 Å². The predicted molar refractivity (Wildman–Crippen MR) is 121 cm³/mol. The van der Waals surface area contributed by atoms with Crippen molar-refractivity contribution in [1.82, 2.24) is 14.2 Å². The van der Waals surface area contributed by atoms with Crippen LogP contribution in [0.15, 0.2) is 24.3 Å². The predicted octanol–water partition coefficient (Wildman–Crippen LogP) is 2.71. The summed E-state index contributed by atoms with van der Waals surface area (Å²) < 4.78 is 30.9. The molecule has 2 heterocycles. The normalized spacial score (nSPS) is 20.4. The number of likely N-dealkylation sites (N-methyl/N-ethyl adjacent to an activating group) is 1. The summed E-state index contributed by atoms with van der Waals surface area (Å²) in [7, 11) is -2.00. The van der Waals surface area contributed by atoms with Gasteiger partial charge in [-0.2, -0.15) is 12.7 Å². The molecule has 0 radical (unpaired) electrons. The van der Waals surface area contributed by atoms with Gasteiger partial charge in [0.1, 0.15) is 6.61 Å². The molecule has 2 aromatic rings. The molecule has 1 amide bonds. The van der Waals surface area contributed by atoms with Crippen LogP contribution in [0.25, 0.3) is 0 Å². The largest absolute Gasteiger partial charge is 0.338 e. The van der Waals surface area contributed by atoms with E-state index in [1.807, 2.05) is 30.1 Å². The van der Waals surface area contributed by atoms with Crippen LogP contribution in [0.2, 0.25) is 5.02 Å². The number of amides is 1. The van der Waals surface area contributed by atoms with Crippen molar-refractivity contribution < 1.29 is 17.4 Å². The van der Waals surface area contributed by atoms with E-state index in [4.69, 9.17) is 15.8 Å². The van der Waals surface area contributed by atoms with Gasteiger partial charge in [-0.15, -0.1) is 11.3 Å². The van der Waals surface area contributed by atoms with Crippen molar-refractivity contribution in [3.8, 4) is 0 Å².